The van der Waals surface area contributed by atoms with Crippen molar-refractivity contribution in [3.8, 4) is 0 Å². The fraction of sp³-hybridized carbons (Fsp3) is 0.333. The van der Waals surface area contributed by atoms with E-state index in [0.717, 1.165) is 11.4 Å². The van der Waals surface area contributed by atoms with Gasteiger partial charge in [0, 0.05) is 24.9 Å². The quantitative estimate of drug-likeness (QED) is 0.906. The maximum Gasteiger partial charge on any atom is 0.334 e. The number of amides is 2. The number of ether oxygens (including phenoxy) is 1. The van der Waals surface area contributed by atoms with Crippen LogP contribution in [0.4, 0.5) is 10.6 Å². The summed E-state index contributed by atoms with van der Waals surface area (Å²) in [6.07, 6.45) is 0.776. The van der Waals surface area contributed by atoms with Crippen molar-refractivity contribution in [2.24, 2.45) is 0 Å². The van der Waals surface area contributed by atoms with Gasteiger partial charge < -0.3 is 4.74 Å². The Hall–Kier alpha value is -1.96. The smallest absolute Gasteiger partial charge is 0.334 e. The van der Waals surface area contributed by atoms with Crippen molar-refractivity contribution >= 4 is 23.2 Å². The molecule has 0 spiro atoms. The largest absolute Gasteiger partial charge is 0.379 e. The van der Waals surface area contributed by atoms with Crippen LogP contribution < -0.4 is 10.7 Å². The molecule has 2 aromatic rings. The summed E-state index contributed by atoms with van der Waals surface area (Å²) < 4.78 is 5.24. The molecule has 0 radical (unpaired) electrons. The second-order valence-corrected chi connectivity index (χ2v) is 5.90. The Bertz CT molecular complexity index is 611. The monoisotopic (exact) mass is 318 g/mol. The van der Waals surface area contributed by atoms with Gasteiger partial charge in [-0.15, -0.1) is 11.3 Å². The standard InChI is InChI=1S/C15H18N4O2S/c20-15(18-19-6-8-21-9-7-19)17-13-11-22-14(16-13)10-12-4-2-1-3-5-12/h1-5,11H,6-10H2,(H2,17,18,20). The van der Waals surface area contributed by atoms with E-state index < -0.39 is 0 Å². The molecule has 2 heterocycles. The highest BCUT2D eigenvalue weighted by Crippen LogP contribution is 2.17. The zero-order valence-corrected chi connectivity index (χ0v) is 12.9. The Labute approximate surface area is 133 Å². The molecule has 0 bridgehead atoms. The number of hydrazine groups is 1. The summed E-state index contributed by atoms with van der Waals surface area (Å²) >= 11 is 1.55. The average Bonchev–Trinajstić information content (AvgIpc) is 2.96. The van der Waals surface area contributed by atoms with Crippen molar-refractivity contribution in [1.82, 2.24) is 15.4 Å². The lowest BCUT2D eigenvalue weighted by atomic mass is 10.2. The molecule has 1 aliphatic heterocycles. The first-order valence-corrected chi connectivity index (χ1v) is 8.06. The zero-order chi connectivity index (χ0) is 15.2. The van der Waals surface area contributed by atoms with Gasteiger partial charge in [-0.25, -0.2) is 14.8 Å². The minimum absolute atomic E-state index is 0.265. The molecule has 2 amide bonds. The highest BCUT2D eigenvalue weighted by molar-refractivity contribution is 7.10. The molecule has 0 unspecified atom stereocenters. The van der Waals surface area contributed by atoms with Crippen LogP contribution in [0.25, 0.3) is 0 Å². The normalized spacial score (nSPS) is 15.5. The summed E-state index contributed by atoms with van der Waals surface area (Å²) in [6, 6.07) is 9.89. The van der Waals surface area contributed by atoms with Crippen LogP contribution >= 0.6 is 11.3 Å². The van der Waals surface area contributed by atoms with Crippen LogP contribution in [-0.2, 0) is 11.2 Å². The van der Waals surface area contributed by atoms with Gasteiger partial charge in [-0.1, -0.05) is 30.3 Å². The number of hydrogen-bond acceptors (Lipinski definition) is 5. The molecule has 0 saturated carbocycles. The van der Waals surface area contributed by atoms with E-state index in [0.29, 0.717) is 32.1 Å². The SMILES string of the molecule is O=C(Nc1csc(Cc2ccccc2)n1)NN1CCOCC1. The van der Waals surface area contributed by atoms with E-state index in [4.69, 9.17) is 4.74 Å². The maximum absolute atomic E-state index is 11.9. The van der Waals surface area contributed by atoms with E-state index in [9.17, 15) is 4.79 Å². The topological polar surface area (TPSA) is 66.5 Å². The minimum Gasteiger partial charge on any atom is -0.379 e. The van der Waals surface area contributed by atoms with Crippen molar-refractivity contribution in [2.75, 3.05) is 31.6 Å². The molecule has 1 aromatic heterocycles. The summed E-state index contributed by atoms with van der Waals surface area (Å²) in [5.74, 6) is 0.585. The van der Waals surface area contributed by atoms with Gasteiger partial charge in [-0.2, -0.15) is 0 Å². The summed E-state index contributed by atoms with van der Waals surface area (Å²) in [5.41, 5.74) is 4.00. The molecule has 22 heavy (non-hydrogen) atoms. The third-order valence-corrected chi connectivity index (χ3v) is 4.11. The van der Waals surface area contributed by atoms with E-state index in [-0.39, 0.29) is 6.03 Å². The molecule has 1 saturated heterocycles. The summed E-state index contributed by atoms with van der Waals surface area (Å²) in [6.45, 7) is 2.67. The molecule has 7 heteroatoms. The van der Waals surface area contributed by atoms with E-state index in [2.05, 4.69) is 27.9 Å². The van der Waals surface area contributed by atoms with Gasteiger partial charge in [0.2, 0.25) is 0 Å². The highest BCUT2D eigenvalue weighted by atomic mass is 32.1. The number of carbonyl (C=O) groups excluding carboxylic acids is 1. The molecule has 1 aliphatic rings. The highest BCUT2D eigenvalue weighted by Gasteiger charge is 2.13. The lowest BCUT2D eigenvalue weighted by molar-refractivity contribution is 0.0207. The fourth-order valence-electron chi connectivity index (χ4n) is 2.18. The Morgan fingerprint density at radius 1 is 1.27 bits per heavy atom. The number of morpholine rings is 1. The summed E-state index contributed by atoms with van der Waals surface area (Å²) in [4.78, 5) is 16.4. The molecule has 0 aliphatic carbocycles. The molecule has 116 valence electrons. The Morgan fingerprint density at radius 3 is 2.82 bits per heavy atom. The first-order chi connectivity index (χ1) is 10.8. The van der Waals surface area contributed by atoms with E-state index >= 15 is 0 Å². The number of carbonyl (C=O) groups is 1. The third kappa shape index (κ3) is 4.27. The van der Waals surface area contributed by atoms with Gasteiger partial charge in [-0.3, -0.25) is 10.7 Å². The van der Waals surface area contributed by atoms with Crippen LogP contribution in [0.15, 0.2) is 35.7 Å². The number of rotatable bonds is 4. The Balaban J connectivity index is 1.51. The van der Waals surface area contributed by atoms with Gasteiger partial charge in [0.05, 0.1) is 18.2 Å². The number of thiazole rings is 1. The average molecular weight is 318 g/mol. The van der Waals surface area contributed by atoms with Gasteiger partial charge in [0.1, 0.15) is 5.82 Å². The second-order valence-electron chi connectivity index (χ2n) is 4.95. The molecule has 0 atom stereocenters. The van der Waals surface area contributed by atoms with Crippen LogP contribution in [0.5, 0.6) is 0 Å². The van der Waals surface area contributed by atoms with Crippen molar-refractivity contribution in [3.63, 3.8) is 0 Å². The second kappa shape index (κ2) is 7.35. The van der Waals surface area contributed by atoms with Crippen molar-refractivity contribution in [3.05, 3.63) is 46.3 Å². The van der Waals surface area contributed by atoms with Crippen LogP contribution in [-0.4, -0.2) is 42.3 Å². The Kier molecular flexibility index (Phi) is 4.99. The van der Waals surface area contributed by atoms with Crippen LogP contribution in [0.2, 0.25) is 0 Å². The van der Waals surface area contributed by atoms with E-state index in [1.165, 1.54) is 5.56 Å². The number of hydrogen-bond donors (Lipinski definition) is 2. The lowest BCUT2D eigenvalue weighted by Gasteiger charge is -2.26. The molecule has 6 nitrogen and oxygen atoms in total. The van der Waals surface area contributed by atoms with Gasteiger partial charge in [0.15, 0.2) is 0 Å². The number of urea groups is 1. The van der Waals surface area contributed by atoms with Gasteiger partial charge >= 0.3 is 6.03 Å². The number of nitrogens with one attached hydrogen (secondary N) is 2. The summed E-state index contributed by atoms with van der Waals surface area (Å²) in [5, 5.41) is 7.44. The van der Waals surface area contributed by atoms with Crippen LogP contribution in [0.3, 0.4) is 0 Å². The maximum atomic E-state index is 11.9. The molecular weight excluding hydrogens is 300 g/mol. The summed E-state index contributed by atoms with van der Waals surface area (Å²) in [7, 11) is 0. The van der Waals surface area contributed by atoms with Gasteiger partial charge in [0.25, 0.3) is 0 Å². The van der Waals surface area contributed by atoms with Crippen LogP contribution in [0, 0.1) is 0 Å². The minimum atomic E-state index is -0.265. The number of nitrogens with zero attached hydrogens (tertiary/aromatic N) is 2. The number of anilines is 1. The molecule has 2 N–H and O–H groups in total. The zero-order valence-electron chi connectivity index (χ0n) is 12.1. The molecule has 3 rings (SSSR count). The van der Waals surface area contributed by atoms with E-state index in [1.807, 2.05) is 28.6 Å². The lowest BCUT2D eigenvalue weighted by Crippen LogP contribution is -2.49. The van der Waals surface area contributed by atoms with E-state index in [1.54, 1.807) is 11.3 Å². The number of benzene rings is 1. The third-order valence-electron chi connectivity index (χ3n) is 3.26. The van der Waals surface area contributed by atoms with Gasteiger partial charge in [-0.05, 0) is 5.56 Å². The fourth-order valence-corrected chi connectivity index (χ4v) is 2.94. The molecule has 1 fully saturated rings. The van der Waals surface area contributed by atoms with Crippen molar-refractivity contribution in [2.45, 2.75) is 6.42 Å². The predicted molar refractivity (Wildman–Crippen MR) is 85.9 cm³/mol. The van der Waals surface area contributed by atoms with Crippen LogP contribution in [0.1, 0.15) is 10.6 Å². The predicted octanol–water partition coefficient (Wildman–Crippen LogP) is 2.10. The molecular formula is C15H18N4O2S. The van der Waals surface area contributed by atoms with Crippen molar-refractivity contribution in [1.29, 1.82) is 0 Å². The Morgan fingerprint density at radius 2 is 2.05 bits per heavy atom. The number of aromatic nitrogens is 1. The van der Waals surface area contributed by atoms with Crippen molar-refractivity contribution < 1.29 is 9.53 Å². The first-order valence-electron chi connectivity index (χ1n) is 7.18. The molecule has 1 aromatic carbocycles. The first kappa shape index (κ1) is 15.0.